The number of hydrogen-bond donors (Lipinski definition) is 0. The number of fused-ring (bicyclic) bond motifs is 1. The van der Waals surface area contributed by atoms with Crippen molar-refractivity contribution < 1.29 is 12.3 Å². The molecule has 0 radical (unpaired) electrons. The van der Waals surface area contributed by atoms with Gasteiger partial charge in [-0.25, -0.2) is 0 Å². The summed E-state index contributed by atoms with van der Waals surface area (Å²) in [5.74, 6) is -0.504. The predicted octanol–water partition coefficient (Wildman–Crippen LogP) is 1.90. The van der Waals surface area contributed by atoms with Crippen LogP contribution in [0.3, 0.4) is 0 Å². The number of carbonyl (C=O) groups is 1. The summed E-state index contributed by atoms with van der Waals surface area (Å²) >= 11 is 1.46. The van der Waals surface area contributed by atoms with Gasteiger partial charge in [-0.2, -0.15) is 0 Å². The van der Waals surface area contributed by atoms with Crippen molar-refractivity contribution in [1.29, 1.82) is 0 Å². The van der Waals surface area contributed by atoms with Crippen molar-refractivity contribution in [1.82, 2.24) is 25.1 Å². The van der Waals surface area contributed by atoms with E-state index in [4.69, 9.17) is 7.48 Å². The summed E-state index contributed by atoms with van der Waals surface area (Å²) in [5, 5.41) is 11.5. The van der Waals surface area contributed by atoms with Crippen molar-refractivity contribution in [3.63, 3.8) is 0 Å². The van der Waals surface area contributed by atoms with Crippen LogP contribution in [0, 0.1) is 6.92 Å². The van der Waals surface area contributed by atoms with E-state index >= 15 is 0 Å². The second kappa shape index (κ2) is 7.53. The highest BCUT2D eigenvalue weighted by molar-refractivity contribution is 7.14. The molecular formula is C18H19N5O2S. The number of Topliss-reactive ketones (excluding diaryl/α,β-unsaturated/α-hetero) is 1. The van der Waals surface area contributed by atoms with Crippen LogP contribution in [0.25, 0.3) is 21.5 Å². The van der Waals surface area contributed by atoms with Gasteiger partial charge >= 0.3 is 0 Å². The Bertz CT molecular complexity index is 1020. The average Bonchev–Trinajstić information content (AvgIpc) is 3.14. The summed E-state index contributed by atoms with van der Waals surface area (Å²) < 4.78 is 21.7. The zero-order valence-electron chi connectivity index (χ0n) is 16.3. The average molecular weight is 371 g/mol. The molecule has 3 aromatic heterocycles. The fourth-order valence-corrected chi connectivity index (χ4v) is 3.41. The lowest BCUT2D eigenvalue weighted by Crippen LogP contribution is -2.39. The van der Waals surface area contributed by atoms with E-state index in [0.717, 1.165) is 20.8 Å². The molecule has 4 heterocycles. The minimum Gasteiger partial charge on any atom is -0.379 e. The Kier molecular flexibility index (Phi) is 4.29. The number of aryl methyl sites for hydroxylation is 1. The molecule has 0 unspecified atom stereocenters. The van der Waals surface area contributed by atoms with E-state index in [2.05, 4.69) is 20.2 Å². The summed E-state index contributed by atoms with van der Waals surface area (Å²) in [7, 11) is 0. The third kappa shape index (κ3) is 3.92. The number of morpholine rings is 1. The molecule has 1 aliphatic rings. The molecule has 1 fully saturated rings. The van der Waals surface area contributed by atoms with Crippen LogP contribution >= 0.6 is 11.3 Å². The van der Waals surface area contributed by atoms with Gasteiger partial charge in [-0.05, 0) is 24.4 Å². The van der Waals surface area contributed by atoms with E-state index in [-0.39, 0.29) is 6.42 Å². The molecule has 0 bridgehead atoms. The summed E-state index contributed by atoms with van der Waals surface area (Å²) in [6.45, 7) is 1.52. The number of hydrogen-bond acceptors (Lipinski definition) is 8. The maximum absolute atomic E-state index is 12.6. The van der Waals surface area contributed by atoms with Gasteiger partial charge < -0.3 is 4.74 Å². The number of aromatic nitrogens is 4. The molecular weight excluding hydrogens is 350 g/mol. The zero-order chi connectivity index (χ0) is 19.7. The summed E-state index contributed by atoms with van der Waals surface area (Å²) in [6, 6.07) is 3.70. The highest BCUT2D eigenvalue weighted by Gasteiger charge is 2.15. The van der Waals surface area contributed by atoms with Gasteiger partial charge in [-0.1, -0.05) is 11.3 Å². The Hall–Kier alpha value is -2.29. The fourth-order valence-electron chi connectivity index (χ4n) is 2.75. The minimum atomic E-state index is -2.03. The third-order valence-corrected chi connectivity index (χ3v) is 4.90. The summed E-state index contributed by atoms with van der Waals surface area (Å²) in [5.41, 5.74) is 1.24. The summed E-state index contributed by atoms with van der Waals surface area (Å²) in [6.07, 6.45) is 3.30. The number of ether oxygens (including phenoxy) is 1. The van der Waals surface area contributed by atoms with E-state index in [1.54, 1.807) is 12.4 Å². The zero-order valence-corrected chi connectivity index (χ0v) is 15.1. The quantitative estimate of drug-likeness (QED) is 0.677. The molecule has 0 amide bonds. The van der Waals surface area contributed by atoms with Crippen LogP contribution in [-0.2, 0) is 16.0 Å². The first kappa shape index (κ1) is 14.8. The lowest BCUT2D eigenvalue weighted by atomic mass is 10.1. The van der Waals surface area contributed by atoms with Gasteiger partial charge in [0.05, 0.1) is 28.9 Å². The van der Waals surface area contributed by atoms with Crippen LogP contribution < -0.4 is 0 Å². The van der Waals surface area contributed by atoms with Gasteiger partial charge in [0.2, 0.25) is 0 Å². The maximum Gasteiger partial charge on any atom is 0.166 e. The number of rotatable bonds is 5. The molecule has 4 rings (SSSR count). The molecule has 0 atom stereocenters. The highest BCUT2D eigenvalue weighted by atomic mass is 32.1. The van der Waals surface area contributed by atoms with Gasteiger partial charge in [-0.3, -0.25) is 19.7 Å². The van der Waals surface area contributed by atoms with E-state index in [1.165, 1.54) is 16.2 Å². The maximum atomic E-state index is 12.6. The third-order valence-electron chi connectivity index (χ3n) is 4.04. The normalized spacial score (nSPS) is 17.1. The second-order valence-corrected chi connectivity index (χ2v) is 7.21. The number of carbonyl (C=O) groups excluding carboxylic acids is 1. The van der Waals surface area contributed by atoms with Crippen LogP contribution in [0.5, 0.6) is 0 Å². The Morgan fingerprint density at radius 2 is 2.04 bits per heavy atom. The van der Waals surface area contributed by atoms with Gasteiger partial charge in [0.25, 0.3) is 0 Å². The molecule has 1 aliphatic heterocycles. The Labute approximate surface area is 157 Å². The lowest BCUT2D eigenvalue weighted by Gasteiger charge is -2.25. The first-order valence-electron chi connectivity index (χ1n) is 9.35. The van der Waals surface area contributed by atoms with Crippen LogP contribution in [0.4, 0.5) is 0 Å². The molecule has 26 heavy (non-hydrogen) atoms. The predicted molar refractivity (Wildman–Crippen MR) is 99.1 cm³/mol. The number of pyridine rings is 2. The van der Waals surface area contributed by atoms with Gasteiger partial charge in [0.1, 0.15) is 10.7 Å². The van der Waals surface area contributed by atoms with Gasteiger partial charge in [0, 0.05) is 36.6 Å². The first-order chi connectivity index (χ1) is 13.4. The Morgan fingerprint density at radius 1 is 1.23 bits per heavy atom. The number of ketones is 1. The lowest BCUT2D eigenvalue weighted by molar-refractivity contribution is -0.120. The molecule has 0 spiro atoms. The minimum absolute atomic E-state index is 0.0735. The van der Waals surface area contributed by atoms with Crippen molar-refractivity contribution in [2.75, 3.05) is 32.8 Å². The second-order valence-electron chi connectivity index (χ2n) is 6.03. The van der Waals surface area contributed by atoms with E-state index in [0.29, 0.717) is 37.7 Å². The van der Waals surface area contributed by atoms with Crippen molar-refractivity contribution in [2.24, 2.45) is 0 Å². The van der Waals surface area contributed by atoms with E-state index in [1.807, 2.05) is 19.1 Å². The molecule has 7 nitrogen and oxygen atoms in total. The Morgan fingerprint density at radius 3 is 2.81 bits per heavy atom. The molecule has 0 aliphatic carbocycles. The van der Waals surface area contributed by atoms with Crippen molar-refractivity contribution in [3.8, 4) is 10.7 Å². The van der Waals surface area contributed by atoms with Crippen LogP contribution in [0.2, 0.25) is 0 Å². The standard InChI is InChI=1S/C18H19N5O2S/c1-12-21-22-18(26-12)17-7-13-6-15(19-9-14(13)10-20-17)8-16(24)11-23-2-4-25-5-3-23/h6-7,9-10H,2-5,8,11H2,1H3/i11D2. The van der Waals surface area contributed by atoms with Crippen molar-refractivity contribution in [3.05, 3.63) is 35.2 Å². The SMILES string of the molecule is [2H]C([2H])(C(=O)Cc1cc2cc(-c3nnc(C)s3)ncc2cn1)N1CCOCC1. The molecule has 0 N–H and O–H groups in total. The molecule has 0 aromatic carbocycles. The largest absolute Gasteiger partial charge is 0.379 e. The van der Waals surface area contributed by atoms with Gasteiger partial charge in [-0.15, -0.1) is 10.2 Å². The van der Waals surface area contributed by atoms with Crippen LogP contribution in [-0.4, -0.2) is 63.6 Å². The molecule has 1 saturated heterocycles. The van der Waals surface area contributed by atoms with E-state index < -0.39 is 12.3 Å². The van der Waals surface area contributed by atoms with Crippen molar-refractivity contribution in [2.45, 2.75) is 13.3 Å². The molecule has 0 saturated carbocycles. The first-order valence-corrected chi connectivity index (χ1v) is 9.16. The molecule has 134 valence electrons. The summed E-state index contributed by atoms with van der Waals surface area (Å²) in [4.78, 5) is 22.9. The molecule has 8 heteroatoms. The number of nitrogens with zero attached hydrogens (tertiary/aromatic N) is 5. The van der Waals surface area contributed by atoms with Crippen LogP contribution in [0.1, 0.15) is 13.4 Å². The Balaban J connectivity index is 1.57. The van der Waals surface area contributed by atoms with E-state index in [9.17, 15) is 4.79 Å². The topological polar surface area (TPSA) is 81.1 Å². The highest BCUT2D eigenvalue weighted by Crippen LogP contribution is 2.24. The monoisotopic (exact) mass is 371 g/mol. The van der Waals surface area contributed by atoms with Gasteiger partial charge in [0.15, 0.2) is 10.8 Å². The fraction of sp³-hybridized carbons (Fsp3) is 0.389. The van der Waals surface area contributed by atoms with Crippen molar-refractivity contribution >= 4 is 27.9 Å². The smallest absolute Gasteiger partial charge is 0.166 e. The molecule has 3 aromatic rings. The van der Waals surface area contributed by atoms with Crippen LogP contribution in [0.15, 0.2) is 24.5 Å².